The summed E-state index contributed by atoms with van der Waals surface area (Å²) in [5, 5.41) is 10.4. The highest BCUT2D eigenvalue weighted by molar-refractivity contribution is 6.42. The molecule has 160 valence electrons. The number of halogens is 2. The van der Waals surface area contributed by atoms with Crippen LogP contribution >= 0.6 is 23.2 Å². The van der Waals surface area contributed by atoms with Gasteiger partial charge in [-0.25, -0.2) is 4.79 Å². The fraction of sp³-hybridized carbons (Fsp3) is 0.227. The standard InChI is InChI=1S/C22H20Cl2N4O3/c23-17-7-6-16(12-18(17)24)25-21(29)15-8-10-28(11-9-15)22(30)26-20-13-19(27-31-20)14-4-2-1-3-5-14/h1-7,12-13,15H,8-11H2,(H,25,29)(H,26,30). The summed E-state index contributed by atoms with van der Waals surface area (Å²) in [6.07, 6.45) is 1.12. The van der Waals surface area contributed by atoms with E-state index in [1.54, 1.807) is 29.2 Å². The molecule has 1 fully saturated rings. The van der Waals surface area contributed by atoms with Gasteiger partial charge in [0.05, 0.1) is 10.0 Å². The summed E-state index contributed by atoms with van der Waals surface area (Å²) < 4.78 is 5.23. The third-order valence-electron chi connectivity index (χ3n) is 5.15. The van der Waals surface area contributed by atoms with Crippen LogP contribution in [0.4, 0.5) is 16.4 Å². The predicted molar refractivity (Wildman–Crippen MR) is 120 cm³/mol. The van der Waals surface area contributed by atoms with Crippen molar-refractivity contribution in [2.45, 2.75) is 12.8 Å². The van der Waals surface area contributed by atoms with Crippen LogP contribution in [0.15, 0.2) is 59.1 Å². The first-order valence-corrected chi connectivity index (χ1v) is 10.6. The lowest BCUT2D eigenvalue weighted by Gasteiger charge is -2.31. The van der Waals surface area contributed by atoms with Crippen LogP contribution in [0.3, 0.4) is 0 Å². The molecular weight excluding hydrogens is 439 g/mol. The molecule has 2 N–H and O–H groups in total. The van der Waals surface area contributed by atoms with Gasteiger partial charge < -0.3 is 14.7 Å². The zero-order chi connectivity index (χ0) is 21.8. The lowest BCUT2D eigenvalue weighted by molar-refractivity contribution is -0.121. The number of hydrogen-bond donors (Lipinski definition) is 2. The van der Waals surface area contributed by atoms with Crippen LogP contribution in [0.2, 0.25) is 10.0 Å². The number of anilines is 2. The second kappa shape index (κ2) is 9.41. The van der Waals surface area contributed by atoms with Crippen molar-refractivity contribution in [2.75, 3.05) is 23.7 Å². The Hall–Kier alpha value is -3.03. The van der Waals surface area contributed by atoms with Crippen LogP contribution in [0.5, 0.6) is 0 Å². The SMILES string of the molecule is O=C(Nc1ccc(Cl)c(Cl)c1)C1CCN(C(=O)Nc2cc(-c3ccccc3)no2)CC1. The highest BCUT2D eigenvalue weighted by Gasteiger charge is 2.28. The third kappa shape index (κ3) is 5.18. The van der Waals surface area contributed by atoms with Crippen LogP contribution in [0.25, 0.3) is 11.3 Å². The number of piperidine rings is 1. The molecule has 0 spiro atoms. The van der Waals surface area contributed by atoms with E-state index in [4.69, 9.17) is 27.7 Å². The number of rotatable bonds is 4. The molecule has 0 radical (unpaired) electrons. The fourth-order valence-corrected chi connectivity index (χ4v) is 3.72. The van der Waals surface area contributed by atoms with Gasteiger partial charge >= 0.3 is 6.03 Å². The second-order valence-corrected chi connectivity index (χ2v) is 8.07. The maximum absolute atomic E-state index is 12.5. The molecule has 0 atom stereocenters. The Morgan fingerprint density at radius 3 is 2.42 bits per heavy atom. The summed E-state index contributed by atoms with van der Waals surface area (Å²) >= 11 is 11.9. The van der Waals surface area contributed by atoms with Gasteiger partial charge in [-0.2, -0.15) is 0 Å². The van der Waals surface area contributed by atoms with Gasteiger partial charge in [0, 0.05) is 36.3 Å². The zero-order valence-electron chi connectivity index (χ0n) is 16.5. The molecule has 1 aliphatic heterocycles. The Kier molecular flexibility index (Phi) is 6.44. The van der Waals surface area contributed by atoms with E-state index >= 15 is 0 Å². The van der Waals surface area contributed by atoms with Crippen LogP contribution in [0, 0.1) is 5.92 Å². The molecule has 31 heavy (non-hydrogen) atoms. The molecule has 0 unspecified atom stereocenters. The van der Waals surface area contributed by atoms with Gasteiger partial charge in [-0.1, -0.05) is 58.7 Å². The van der Waals surface area contributed by atoms with Crippen LogP contribution < -0.4 is 10.6 Å². The number of carbonyl (C=O) groups is 2. The summed E-state index contributed by atoms with van der Waals surface area (Å²) in [6.45, 7) is 0.927. The van der Waals surface area contributed by atoms with Crippen LogP contribution in [0.1, 0.15) is 12.8 Å². The number of nitrogens with zero attached hydrogens (tertiary/aromatic N) is 2. The third-order valence-corrected chi connectivity index (χ3v) is 5.89. The lowest BCUT2D eigenvalue weighted by atomic mass is 9.96. The van der Waals surface area contributed by atoms with Gasteiger partial charge in [0.15, 0.2) is 0 Å². The van der Waals surface area contributed by atoms with Gasteiger partial charge in [-0.3, -0.25) is 10.1 Å². The smallest absolute Gasteiger partial charge is 0.324 e. The molecule has 2 aromatic carbocycles. The number of urea groups is 1. The van der Waals surface area contributed by atoms with E-state index in [2.05, 4.69) is 15.8 Å². The number of carbonyl (C=O) groups excluding carboxylic acids is 2. The van der Waals surface area contributed by atoms with E-state index in [0.29, 0.717) is 47.4 Å². The Balaban J connectivity index is 1.28. The zero-order valence-corrected chi connectivity index (χ0v) is 18.0. The van der Waals surface area contributed by atoms with Gasteiger partial charge in [-0.05, 0) is 31.0 Å². The molecule has 1 aromatic heterocycles. The maximum atomic E-state index is 12.5. The summed E-state index contributed by atoms with van der Waals surface area (Å²) in [4.78, 5) is 26.7. The molecule has 7 nitrogen and oxygen atoms in total. The average molecular weight is 459 g/mol. The highest BCUT2D eigenvalue weighted by atomic mass is 35.5. The molecule has 1 saturated heterocycles. The van der Waals surface area contributed by atoms with Crippen molar-refractivity contribution < 1.29 is 14.1 Å². The van der Waals surface area contributed by atoms with E-state index in [1.807, 2.05) is 30.3 Å². The number of likely N-dealkylation sites (tertiary alicyclic amines) is 1. The number of hydrogen-bond acceptors (Lipinski definition) is 4. The molecule has 9 heteroatoms. The van der Waals surface area contributed by atoms with Crippen molar-refractivity contribution in [1.82, 2.24) is 10.1 Å². The summed E-state index contributed by atoms with van der Waals surface area (Å²) in [6, 6.07) is 15.9. The van der Waals surface area contributed by atoms with Crippen molar-refractivity contribution >= 4 is 46.7 Å². The van der Waals surface area contributed by atoms with Gasteiger partial charge in [0.1, 0.15) is 5.69 Å². The van der Waals surface area contributed by atoms with Crippen molar-refractivity contribution in [3.63, 3.8) is 0 Å². The lowest BCUT2D eigenvalue weighted by Crippen LogP contribution is -2.43. The number of aromatic nitrogens is 1. The molecule has 0 aliphatic carbocycles. The molecule has 0 bridgehead atoms. The van der Waals surface area contributed by atoms with Crippen molar-refractivity contribution in [1.29, 1.82) is 0 Å². The molecular formula is C22H20Cl2N4O3. The normalized spacial score (nSPS) is 14.3. The van der Waals surface area contributed by atoms with E-state index in [0.717, 1.165) is 5.56 Å². The molecule has 3 amide bonds. The number of amides is 3. The first-order chi connectivity index (χ1) is 15.0. The number of benzene rings is 2. The first-order valence-electron chi connectivity index (χ1n) is 9.83. The van der Waals surface area contributed by atoms with Crippen molar-refractivity contribution in [3.8, 4) is 11.3 Å². The van der Waals surface area contributed by atoms with Gasteiger partial charge in [0.25, 0.3) is 0 Å². The van der Waals surface area contributed by atoms with E-state index in [1.165, 1.54) is 0 Å². The van der Waals surface area contributed by atoms with Crippen LogP contribution in [-0.4, -0.2) is 35.1 Å². The summed E-state index contributed by atoms with van der Waals surface area (Å²) in [5.41, 5.74) is 2.15. The largest absolute Gasteiger partial charge is 0.338 e. The fourth-order valence-electron chi connectivity index (χ4n) is 3.43. The molecule has 0 saturated carbocycles. The van der Waals surface area contributed by atoms with E-state index in [-0.39, 0.29) is 23.7 Å². The predicted octanol–water partition coefficient (Wildman–Crippen LogP) is 5.53. The topological polar surface area (TPSA) is 87.5 Å². The Morgan fingerprint density at radius 2 is 1.71 bits per heavy atom. The minimum absolute atomic E-state index is 0.0961. The van der Waals surface area contributed by atoms with Crippen molar-refractivity contribution in [2.24, 2.45) is 5.92 Å². The quantitative estimate of drug-likeness (QED) is 0.537. The molecule has 4 rings (SSSR count). The van der Waals surface area contributed by atoms with Gasteiger partial charge in [0.2, 0.25) is 11.8 Å². The van der Waals surface area contributed by atoms with Gasteiger partial charge in [-0.15, -0.1) is 0 Å². The maximum Gasteiger partial charge on any atom is 0.324 e. The highest BCUT2D eigenvalue weighted by Crippen LogP contribution is 2.27. The van der Waals surface area contributed by atoms with E-state index < -0.39 is 0 Å². The van der Waals surface area contributed by atoms with Crippen molar-refractivity contribution in [3.05, 3.63) is 64.6 Å². The summed E-state index contributed by atoms with van der Waals surface area (Å²) in [5.74, 6) is -0.00186. The number of nitrogens with one attached hydrogen (secondary N) is 2. The Morgan fingerprint density at radius 1 is 0.968 bits per heavy atom. The van der Waals surface area contributed by atoms with E-state index in [9.17, 15) is 9.59 Å². The monoisotopic (exact) mass is 458 g/mol. The molecule has 1 aliphatic rings. The second-order valence-electron chi connectivity index (χ2n) is 7.25. The summed E-state index contributed by atoms with van der Waals surface area (Å²) in [7, 11) is 0. The first kappa shape index (κ1) is 21.2. The molecule has 2 heterocycles. The minimum Gasteiger partial charge on any atom is -0.338 e. The Labute approximate surface area is 189 Å². The minimum atomic E-state index is -0.279. The average Bonchev–Trinajstić information content (AvgIpc) is 3.25. The molecule has 3 aromatic rings. The van der Waals surface area contributed by atoms with Crippen LogP contribution in [-0.2, 0) is 4.79 Å². The Bertz CT molecular complexity index is 1080.